The van der Waals surface area contributed by atoms with Gasteiger partial charge >= 0.3 is 12.2 Å². The van der Waals surface area contributed by atoms with Crippen LogP contribution in [0.15, 0.2) is 18.2 Å². The van der Waals surface area contributed by atoms with Gasteiger partial charge in [0.25, 0.3) is 0 Å². The molecule has 3 fully saturated rings. The minimum atomic E-state index is -4.96. The number of nitrogens with two attached hydrogens (primary N) is 1. The number of methoxy groups -OCH3 is 1. The Bertz CT molecular complexity index is 1680. The molecule has 2 bridgehead atoms. The second kappa shape index (κ2) is 10.1. The smallest absolute Gasteiger partial charge is 0.417 e. The van der Waals surface area contributed by atoms with E-state index in [1.165, 1.54) is 0 Å². The molecule has 3 N–H and O–H groups in total. The lowest BCUT2D eigenvalue weighted by atomic mass is 9.82. The van der Waals surface area contributed by atoms with E-state index in [0.29, 0.717) is 13.1 Å². The minimum absolute atomic E-state index is 0.0258. The van der Waals surface area contributed by atoms with Crippen LogP contribution in [0, 0.1) is 17.6 Å². The second-order valence-electron chi connectivity index (χ2n) is 11.1. The third-order valence-corrected chi connectivity index (χ3v) is 9.46. The lowest BCUT2D eigenvalue weighted by molar-refractivity contribution is -0.137. The molecule has 4 aromatic rings. The van der Waals surface area contributed by atoms with Crippen LogP contribution in [-0.2, 0) is 10.9 Å². The van der Waals surface area contributed by atoms with Crippen molar-refractivity contribution >= 4 is 43.4 Å². The largest absolute Gasteiger partial charge is 0.463 e. The number of ether oxygens (including phenoxy) is 2. The maximum atomic E-state index is 16.6. The highest BCUT2D eigenvalue weighted by Crippen LogP contribution is 2.46. The van der Waals surface area contributed by atoms with Gasteiger partial charge in [0, 0.05) is 54.7 Å². The van der Waals surface area contributed by atoms with E-state index in [4.69, 9.17) is 15.2 Å². The van der Waals surface area contributed by atoms with E-state index in [-0.39, 0.29) is 74.4 Å². The standard InChI is InChI=1S/C28H27F5N6O2S/c1-40-19-7-2-12(19)11-41-27-37-22-16(25(38-27)39-9-13-3-4-14(10-39)35-13)8-17(28(31,32)33)20(21(22)30)15-5-6-18(29)24-23(15)36-26(34)42-24/h5-6,8,12-14,19,35H,2-4,7,9-11H2,1H3,(H2,34,36)/t12-,13?,14?,19+/m0/s1. The molecule has 2 aromatic heterocycles. The van der Waals surface area contributed by atoms with Crippen molar-refractivity contribution < 1.29 is 31.4 Å². The number of rotatable bonds is 6. The van der Waals surface area contributed by atoms with Gasteiger partial charge in [-0.25, -0.2) is 13.8 Å². The first-order valence-electron chi connectivity index (χ1n) is 13.7. The van der Waals surface area contributed by atoms with Crippen LogP contribution in [0.5, 0.6) is 6.01 Å². The van der Waals surface area contributed by atoms with Gasteiger partial charge in [0.05, 0.1) is 28.5 Å². The molecule has 1 saturated carbocycles. The molecule has 2 unspecified atom stereocenters. The van der Waals surface area contributed by atoms with E-state index < -0.39 is 28.9 Å². The van der Waals surface area contributed by atoms with E-state index in [9.17, 15) is 17.6 Å². The summed E-state index contributed by atoms with van der Waals surface area (Å²) in [6.07, 6.45) is -1.30. The van der Waals surface area contributed by atoms with E-state index in [1.54, 1.807) is 7.11 Å². The first-order valence-corrected chi connectivity index (χ1v) is 14.5. The van der Waals surface area contributed by atoms with Crippen LogP contribution in [0.1, 0.15) is 31.2 Å². The van der Waals surface area contributed by atoms with Gasteiger partial charge in [0.1, 0.15) is 17.2 Å². The highest BCUT2D eigenvalue weighted by Gasteiger charge is 2.40. The first kappa shape index (κ1) is 27.5. The number of piperazine rings is 1. The maximum absolute atomic E-state index is 16.6. The van der Waals surface area contributed by atoms with Crippen molar-refractivity contribution in [3.63, 3.8) is 0 Å². The summed E-state index contributed by atoms with van der Waals surface area (Å²) >= 11 is 0.779. The molecule has 4 atom stereocenters. The van der Waals surface area contributed by atoms with Crippen LogP contribution in [0.4, 0.5) is 32.9 Å². The fourth-order valence-corrected chi connectivity index (χ4v) is 7.13. The lowest BCUT2D eigenvalue weighted by Crippen LogP contribution is -2.51. The number of benzene rings is 2. The predicted molar refractivity (Wildman–Crippen MR) is 149 cm³/mol. The van der Waals surface area contributed by atoms with Crippen molar-refractivity contribution in [3.8, 4) is 17.1 Å². The zero-order valence-electron chi connectivity index (χ0n) is 22.5. The Balaban J connectivity index is 1.44. The van der Waals surface area contributed by atoms with Gasteiger partial charge in [0.2, 0.25) is 0 Å². The first-order chi connectivity index (χ1) is 20.1. The van der Waals surface area contributed by atoms with Crippen LogP contribution in [-0.4, -0.2) is 59.9 Å². The zero-order chi connectivity index (χ0) is 29.3. The van der Waals surface area contributed by atoms with Crippen molar-refractivity contribution in [2.75, 3.05) is 37.4 Å². The van der Waals surface area contributed by atoms with Gasteiger partial charge in [-0.1, -0.05) is 11.3 Å². The molecule has 14 heteroatoms. The molecule has 2 aliphatic heterocycles. The van der Waals surface area contributed by atoms with Gasteiger partial charge in [-0.3, -0.25) is 0 Å². The minimum Gasteiger partial charge on any atom is -0.463 e. The molecule has 0 amide bonds. The topological polar surface area (TPSA) is 98.4 Å². The Labute approximate surface area is 241 Å². The molecular weight excluding hydrogens is 579 g/mol. The van der Waals surface area contributed by atoms with Gasteiger partial charge in [-0.2, -0.15) is 23.1 Å². The van der Waals surface area contributed by atoms with Crippen LogP contribution in [0.2, 0.25) is 0 Å². The summed E-state index contributed by atoms with van der Waals surface area (Å²) in [5.74, 6) is -1.65. The second-order valence-corrected chi connectivity index (χ2v) is 12.2. The van der Waals surface area contributed by atoms with E-state index >= 15 is 4.39 Å². The summed E-state index contributed by atoms with van der Waals surface area (Å²) in [6, 6.07) is 3.12. The summed E-state index contributed by atoms with van der Waals surface area (Å²) < 4.78 is 86.4. The number of alkyl halides is 3. The predicted octanol–water partition coefficient (Wildman–Crippen LogP) is 5.53. The number of thiazole rings is 1. The number of halogens is 5. The number of nitrogen functional groups attached to an aromatic ring is 1. The molecule has 222 valence electrons. The van der Waals surface area contributed by atoms with Crippen molar-refractivity contribution in [2.45, 2.75) is 50.0 Å². The number of anilines is 2. The van der Waals surface area contributed by atoms with E-state index in [1.807, 2.05) is 4.90 Å². The quantitative estimate of drug-likeness (QED) is 0.277. The SMILES string of the molecule is CO[C@@H]1CC[C@H]1COc1nc(N2CC3CCC(C2)N3)c2cc(C(F)(F)F)c(-c3ccc(F)c4sc(N)nc34)c(F)c2n1. The Morgan fingerprint density at radius 2 is 1.81 bits per heavy atom. The van der Waals surface area contributed by atoms with Crippen LogP contribution in [0.25, 0.3) is 32.2 Å². The van der Waals surface area contributed by atoms with E-state index in [2.05, 4.69) is 20.3 Å². The molecule has 0 spiro atoms. The molecule has 7 rings (SSSR count). The number of hydrogen-bond donors (Lipinski definition) is 2. The van der Waals surface area contributed by atoms with Crippen LogP contribution >= 0.6 is 11.3 Å². The Morgan fingerprint density at radius 3 is 2.48 bits per heavy atom. The normalized spacial score (nSPS) is 24.0. The summed E-state index contributed by atoms with van der Waals surface area (Å²) in [5, 5.41) is 3.36. The third kappa shape index (κ3) is 4.60. The van der Waals surface area contributed by atoms with Crippen molar-refractivity contribution in [3.05, 3.63) is 35.4 Å². The Morgan fingerprint density at radius 1 is 1.05 bits per heavy atom. The lowest BCUT2D eigenvalue weighted by Gasteiger charge is -2.35. The van der Waals surface area contributed by atoms with Crippen molar-refractivity contribution in [1.82, 2.24) is 20.3 Å². The number of hydrogen-bond acceptors (Lipinski definition) is 9. The molecule has 2 aromatic carbocycles. The monoisotopic (exact) mass is 606 g/mol. The fraction of sp³-hybridized carbons (Fsp3) is 0.464. The number of nitrogens with zero attached hydrogens (tertiary/aromatic N) is 4. The molecule has 2 saturated heterocycles. The Kier molecular flexibility index (Phi) is 6.62. The summed E-state index contributed by atoms with van der Waals surface area (Å²) in [4.78, 5) is 14.8. The molecule has 42 heavy (non-hydrogen) atoms. The number of nitrogens with one attached hydrogen (secondary N) is 1. The summed E-state index contributed by atoms with van der Waals surface area (Å²) in [6.45, 7) is 1.22. The zero-order valence-corrected chi connectivity index (χ0v) is 23.3. The molecule has 8 nitrogen and oxygen atoms in total. The van der Waals surface area contributed by atoms with Crippen LogP contribution in [0.3, 0.4) is 0 Å². The molecule has 1 aliphatic carbocycles. The van der Waals surface area contributed by atoms with Crippen LogP contribution < -0.4 is 20.7 Å². The number of aromatic nitrogens is 3. The van der Waals surface area contributed by atoms with Crippen molar-refractivity contribution in [1.29, 1.82) is 0 Å². The van der Waals surface area contributed by atoms with Gasteiger partial charge < -0.3 is 25.4 Å². The number of fused-ring (bicyclic) bond motifs is 4. The molecular formula is C28H27F5N6O2S. The summed E-state index contributed by atoms with van der Waals surface area (Å²) in [5.41, 5.74) is 3.06. The molecule has 0 radical (unpaired) electrons. The van der Waals surface area contributed by atoms with Gasteiger partial charge in [-0.15, -0.1) is 0 Å². The average Bonchev–Trinajstić information content (AvgIpc) is 3.49. The summed E-state index contributed by atoms with van der Waals surface area (Å²) in [7, 11) is 1.62. The highest BCUT2D eigenvalue weighted by molar-refractivity contribution is 7.22. The average molecular weight is 607 g/mol. The van der Waals surface area contributed by atoms with Gasteiger partial charge in [-0.05, 0) is 43.9 Å². The maximum Gasteiger partial charge on any atom is 0.417 e. The molecule has 4 heterocycles. The highest BCUT2D eigenvalue weighted by atomic mass is 32.1. The third-order valence-electron chi connectivity index (χ3n) is 8.57. The van der Waals surface area contributed by atoms with Gasteiger partial charge in [0.15, 0.2) is 10.9 Å². The fourth-order valence-electron chi connectivity index (χ4n) is 6.37. The molecule has 3 aliphatic rings. The Hall–Kier alpha value is -3.36. The van der Waals surface area contributed by atoms with Crippen molar-refractivity contribution in [2.24, 2.45) is 5.92 Å². The van der Waals surface area contributed by atoms with E-state index in [0.717, 1.165) is 55.2 Å².